The number of amides is 1. The van der Waals surface area contributed by atoms with Crippen LogP contribution >= 0.6 is 11.6 Å². The summed E-state index contributed by atoms with van der Waals surface area (Å²) in [6.45, 7) is 0.300. The zero-order chi connectivity index (χ0) is 19.1. The molecule has 1 fully saturated rings. The minimum atomic E-state index is -0.0337. The zero-order valence-electron chi connectivity index (χ0n) is 15.7. The SMILES string of the molecule is COc1ccc(C(=O)NC2CCCCCC2)cc1COc1cccc(Cl)c1. The van der Waals surface area contributed by atoms with Crippen LogP contribution in [-0.2, 0) is 6.61 Å². The lowest BCUT2D eigenvalue weighted by molar-refractivity contribution is 0.0933. The van der Waals surface area contributed by atoms with Crippen molar-refractivity contribution in [2.45, 2.75) is 51.2 Å². The van der Waals surface area contributed by atoms with Gasteiger partial charge in [-0.1, -0.05) is 43.4 Å². The fourth-order valence-corrected chi connectivity index (χ4v) is 3.62. The molecule has 2 aromatic carbocycles. The van der Waals surface area contributed by atoms with Gasteiger partial charge in [-0.25, -0.2) is 0 Å². The average molecular weight is 388 g/mol. The lowest BCUT2D eigenvalue weighted by atomic mass is 10.1. The molecule has 4 nitrogen and oxygen atoms in total. The van der Waals surface area contributed by atoms with Crippen LogP contribution in [0.5, 0.6) is 11.5 Å². The molecule has 0 spiro atoms. The van der Waals surface area contributed by atoms with Crippen LogP contribution in [0.3, 0.4) is 0 Å². The Hall–Kier alpha value is -2.20. The summed E-state index contributed by atoms with van der Waals surface area (Å²) in [5, 5.41) is 3.80. The highest BCUT2D eigenvalue weighted by Gasteiger charge is 2.17. The largest absolute Gasteiger partial charge is 0.496 e. The summed E-state index contributed by atoms with van der Waals surface area (Å²) in [6, 6.07) is 13.0. The maximum atomic E-state index is 12.7. The summed E-state index contributed by atoms with van der Waals surface area (Å²) < 4.78 is 11.2. The second-order valence-corrected chi connectivity index (χ2v) is 7.37. The molecule has 1 aliphatic rings. The Labute approximate surface area is 165 Å². The number of ether oxygens (including phenoxy) is 2. The van der Waals surface area contributed by atoms with Gasteiger partial charge in [0.1, 0.15) is 18.1 Å². The molecule has 1 aliphatic carbocycles. The van der Waals surface area contributed by atoms with E-state index in [1.807, 2.05) is 24.3 Å². The molecule has 0 aliphatic heterocycles. The molecule has 0 atom stereocenters. The number of hydrogen-bond acceptors (Lipinski definition) is 3. The smallest absolute Gasteiger partial charge is 0.251 e. The van der Waals surface area contributed by atoms with Crippen LogP contribution in [-0.4, -0.2) is 19.1 Å². The van der Waals surface area contributed by atoms with Crippen molar-refractivity contribution >= 4 is 17.5 Å². The number of methoxy groups -OCH3 is 1. The molecule has 0 unspecified atom stereocenters. The topological polar surface area (TPSA) is 47.6 Å². The zero-order valence-corrected chi connectivity index (χ0v) is 16.4. The molecule has 3 rings (SSSR count). The summed E-state index contributed by atoms with van der Waals surface area (Å²) in [5.41, 5.74) is 1.45. The van der Waals surface area contributed by atoms with Crippen molar-refractivity contribution in [1.82, 2.24) is 5.32 Å². The first-order chi connectivity index (χ1) is 13.2. The molecule has 27 heavy (non-hydrogen) atoms. The van der Waals surface area contributed by atoms with Crippen molar-refractivity contribution in [2.75, 3.05) is 7.11 Å². The van der Waals surface area contributed by atoms with Crippen LogP contribution in [0, 0.1) is 0 Å². The van der Waals surface area contributed by atoms with Gasteiger partial charge in [0.2, 0.25) is 0 Å². The first-order valence-electron chi connectivity index (χ1n) is 9.52. The van der Waals surface area contributed by atoms with E-state index in [0.29, 0.717) is 28.7 Å². The number of hydrogen-bond donors (Lipinski definition) is 1. The van der Waals surface area contributed by atoms with E-state index in [1.165, 1.54) is 25.7 Å². The molecule has 0 heterocycles. The van der Waals surface area contributed by atoms with Crippen LogP contribution in [0.1, 0.15) is 54.4 Å². The minimum absolute atomic E-state index is 0.0337. The number of carbonyl (C=O) groups is 1. The maximum Gasteiger partial charge on any atom is 0.251 e. The van der Waals surface area contributed by atoms with E-state index in [9.17, 15) is 4.79 Å². The first kappa shape index (κ1) is 19.6. The molecule has 0 radical (unpaired) electrons. The summed E-state index contributed by atoms with van der Waals surface area (Å²) in [5.74, 6) is 1.34. The third-order valence-corrected chi connectivity index (χ3v) is 5.16. The third-order valence-electron chi connectivity index (χ3n) is 4.92. The predicted octanol–water partition coefficient (Wildman–Crippen LogP) is 5.38. The molecule has 5 heteroatoms. The van der Waals surface area contributed by atoms with Crippen molar-refractivity contribution in [3.05, 3.63) is 58.6 Å². The fraction of sp³-hybridized carbons (Fsp3) is 0.409. The predicted molar refractivity (Wildman–Crippen MR) is 108 cm³/mol. The number of benzene rings is 2. The van der Waals surface area contributed by atoms with Gasteiger partial charge in [0.05, 0.1) is 7.11 Å². The second-order valence-electron chi connectivity index (χ2n) is 6.93. The molecule has 1 amide bonds. The minimum Gasteiger partial charge on any atom is -0.496 e. The van der Waals surface area contributed by atoms with Gasteiger partial charge >= 0.3 is 0 Å². The van der Waals surface area contributed by atoms with Crippen LogP contribution < -0.4 is 14.8 Å². The van der Waals surface area contributed by atoms with Gasteiger partial charge in [-0.15, -0.1) is 0 Å². The number of halogens is 1. The normalized spacial score (nSPS) is 15.0. The van der Waals surface area contributed by atoms with Gasteiger partial charge in [-0.2, -0.15) is 0 Å². The Bertz CT molecular complexity index is 770. The molecule has 0 saturated heterocycles. The summed E-state index contributed by atoms with van der Waals surface area (Å²) >= 11 is 6.00. The molecule has 144 valence electrons. The van der Waals surface area contributed by atoms with Crippen LogP contribution in [0.2, 0.25) is 5.02 Å². The second kappa shape index (κ2) is 9.65. The first-order valence-corrected chi connectivity index (χ1v) is 9.89. The fourth-order valence-electron chi connectivity index (χ4n) is 3.44. The highest BCUT2D eigenvalue weighted by atomic mass is 35.5. The number of carbonyl (C=O) groups excluding carboxylic acids is 1. The third kappa shape index (κ3) is 5.64. The highest BCUT2D eigenvalue weighted by Crippen LogP contribution is 2.24. The van der Waals surface area contributed by atoms with Crippen LogP contribution in [0.15, 0.2) is 42.5 Å². The van der Waals surface area contributed by atoms with E-state index in [-0.39, 0.29) is 11.9 Å². The van der Waals surface area contributed by atoms with E-state index >= 15 is 0 Å². The van der Waals surface area contributed by atoms with Gasteiger partial charge in [-0.3, -0.25) is 4.79 Å². The molecule has 2 aromatic rings. The van der Waals surface area contributed by atoms with Crippen molar-refractivity contribution in [3.8, 4) is 11.5 Å². The van der Waals surface area contributed by atoms with Crippen molar-refractivity contribution in [1.29, 1.82) is 0 Å². The Balaban J connectivity index is 1.69. The van der Waals surface area contributed by atoms with Gasteiger partial charge in [0.25, 0.3) is 5.91 Å². The quantitative estimate of drug-likeness (QED) is 0.677. The van der Waals surface area contributed by atoms with E-state index < -0.39 is 0 Å². The monoisotopic (exact) mass is 387 g/mol. The van der Waals surface area contributed by atoms with Gasteiger partial charge in [0.15, 0.2) is 0 Å². The lowest BCUT2D eigenvalue weighted by Crippen LogP contribution is -2.34. The lowest BCUT2D eigenvalue weighted by Gasteiger charge is -2.17. The van der Waals surface area contributed by atoms with Crippen LogP contribution in [0.4, 0.5) is 0 Å². The maximum absolute atomic E-state index is 12.7. The van der Waals surface area contributed by atoms with Gasteiger partial charge in [-0.05, 0) is 49.2 Å². The molecule has 1 N–H and O–H groups in total. The van der Waals surface area contributed by atoms with E-state index in [2.05, 4.69) is 5.32 Å². The molecule has 1 saturated carbocycles. The summed E-state index contributed by atoms with van der Waals surface area (Å²) in [7, 11) is 1.61. The summed E-state index contributed by atoms with van der Waals surface area (Å²) in [4.78, 5) is 12.7. The Kier molecular flexibility index (Phi) is 6.99. The van der Waals surface area contributed by atoms with E-state index in [4.69, 9.17) is 21.1 Å². The van der Waals surface area contributed by atoms with E-state index in [1.54, 1.807) is 25.3 Å². The Morgan fingerprint density at radius 1 is 1.11 bits per heavy atom. The molecule has 0 bridgehead atoms. The van der Waals surface area contributed by atoms with Gasteiger partial charge < -0.3 is 14.8 Å². The Morgan fingerprint density at radius 2 is 1.89 bits per heavy atom. The van der Waals surface area contributed by atoms with Crippen molar-refractivity contribution in [3.63, 3.8) is 0 Å². The number of rotatable bonds is 6. The standard InChI is InChI=1S/C22H26ClNO3/c1-26-21-12-11-16(22(25)24-19-8-4-2-3-5-9-19)13-17(21)15-27-20-10-6-7-18(23)14-20/h6-7,10-14,19H,2-5,8-9,15H2,1H3,(H,24,25). The van der Waals surface area contributed by atoms with Crippen molar-refractivity contribution < 1.29 is 14.3 Å². The average Bonchev–Trinajstić information content (AvgIpc) is 2.95. The number of nitrogens with one attached hydrogen (secondary N) is 1. The van der Waals surface area contributed by atoms with Gasteiger partial charge in [0, 0.05) is 22.2 Å². The molecular formula is C22H26ClNO3. The highest BCUT2D eigenvalue weighted by molar-refractivity contribution is 6.30. The van der Waals surface area contributed by atoms with Crippen molar-refractivity contribution in [2.24, 2.45) is 0 Å². The molecular weight excluding hydrogens is 362 g/mol. The molecule has 0 aromatic heterocycles. The van der Waals surface area contributed by atoms with Crippen LogP contribution in [0.25, 0.3) is 0 Å². The van der Waals surface area contributed by atoms with E-state index in [0.717, 1.165) is 18.4 Å². The Morgan fingerprint density at radius 3 is 2.59 bits per heavy atom. The summed E-state index contributed by atoms with van der Waals surface area (Å²) in [6.07, 6.45) is 7.03.